The van der Waals surface area contributed by atoms with E-state index in [2.05, 4.69) is 28.7 Å². The molecule has 3 aromatic rings. The van der Waals surface area contributed by atoms with Crippen molar-refractivity contribution in [3.05, 3.63) is 63.4 Å². The van der Waals surface area contributed by atoms with Gasteiger partial charge in [-0.1, -0.05) is 17.7 Å². The molecule has 0 radical (unpaired) electrons. The maximum atomic E-state index is 12.8. The van der Waals surface area contributed by atoms with Crippen LogP contribution in [0.2, 0.25) is 0 Å². The van der Waals surface area contributed by atoms with Gasteiger partial charge in [-0.2, -0.15) is 5.26 Å². The predicted molar refractivity (Wildman–Crippen MR) is 93.1 cm³/mol. The lowest BCUT2D eigenvalue weighted by atomic mass is 10.2. The van der Waals surface area contributed by atoms with Crippen LogP contribution in [0.3, 0.4) is 0 Å². The molecule has 0 amide bonds. The molecule has 2 aromatic carbocycles. The molecule has 0 aliphatic carbocycles. The molecule has 0 unspecified atom stereocenters. The third kappa shape index (κ3) is 2.40. The average molecular weight is 422 g/mol. The molecule has 0 aliphatic rings. The predicted octanol–water partition coefficient (Wildman–Crippen LogP) is 3.66. The second kappa shape index (κ2) is 5.41. The Hall–Kier alpha value is -1.85. The summed E-state index contributed by atoms with van der Waals surface area (Å²) in [7, 11) is -3.65. The molecule has 0 saturated heterocycles. The van der Waals surface area contributed by atoms with Gasteiger partial charge in [-0.15, -0.1) is 0 Å². The van der Waals surface area contributed by atoms with Gasteiger partial charge in [0, 0.05) is 15.2 Å². The summed E-state index contributed by atoms with van der Waals surface area (Å²) in [6, 6.07) is 13.8. The second-order valence-corrected chi connectivity index (χ2v) is 7.91. The summed E-state index contributed by atoms with van der Waals surface area (Å²) in [6.45, 7) is 1.91. The van der Waals surface area contributed by atoms with Crippen LogP contribution in [-0.2, 0) is 10.0 Å². The highest BCUT2D eigenvalue weighted by Gasteiger charge is 2.20. The quantitative estimate of drug-likeness (QED) is 0.593. The van der Waals surface area contributed by atoms with E-state index >= 15 is 0 Å². The van der Waals surface area contributed by atoms with E-state index in [1.807, 2.05) is 6.92 Å². The fourth-order valence-electron chi connectivity index (χ4n) is 2.25. The molecular weight excluding hydrogens is 411 g/mol. The number of nitrogens with zero attached hydrogens (tertiary/aromatic N) is 2. The van der Waals surface area contributed by atoms with Gasteiger partial charge in [0.05, 0.1) is 22.0 Å². The third-order valence-corrected chi connectivity index (χ3v) is 5.98. The van der Waals surface area contributed by atoms with Crippen molar-refractivity contribution in [2.24, 2.45) is 0 Å². The van der Waals surface area contributed by atoms with Crippen LogP contribution >= 0.6 is 22.6 Å². The van der Waals surface area contributed by atoms with Gasteiger partial charge in [-0.3, -0.25) is 0 Å². The van der Waals surface area contributed by atoms with Gasteiger partial charge in [0.25, 0.3) is 10.0 Å². The molecule has 0 aliphatic heterocycles. The number of halogens is 1. The summed E-state index contributed by atoms with van der Waals surface area (Å²) in [5, 5.41) is 9.74. The lowest BCUT2D eigenvalue weighted by molar-refractivity contribution is 0.589. The number of hydrogen-bond acceptors (Lipinski definition) is 3. The Bertz CT molecular complexity index is 1010. The zero-order chi connectivity index (χ0) is 15.9. The molecule has 0 fully saturated rings. The topological polar surface area (TPSA) is 62.9 Å². The lowest BCUT2D eigenvalue weighted by Crippen LogP contribution is -2.11. The van der Waals surface area contributed by atoms with Crippen LogP contribution in [0.15, 0.2) is 53.6 Å². The Morgan fingerprint density at radius 1 is 1.14 bits per heavy atom. The monoisotopic (exact) mass is 422 g/mol. The highest BCUT2D eigenvalue weighted by molar-refractivity contribution is 14.1. The molecule has 3 rings (SSSR count). The average Bonchev–Trinajstić information content (AvgIpc) is 2.85. The van der Waals surface area contributed by atoms with E-state index in [0.29, 0.717) is 11.1 Å². The molecule has 0 bridgehead atoms. The molecule has 0 spiro atoms. The Balaban J connectivity index is 2.26. The molecule has 0 saturated carbocycles. The van der Waals surface area contributed by atoms with E-state index in [-0.39, 0.29) is 4.90 Å². The number of aromatic nitrogens is 1. The number of benzene rings is 2. The summed E-state index contributed by atoms with van der Waals surface area (Å²) >= 11 is 2.08. The number of rotatable bonds is 2. The van der Waals surface area contributed by atoms with E-state index in [4.69, 9.17) is 5.26 Å². The molecule has 6 heteroatoms. The van der Waals surface area contributed by atoms with Crippen LogP contribution in [0.1, 0.15) is 11.1 Å². The third-order valence-electron chi connectivity index (χ3n) is 3.43. The van der Waals surface area contributed by atoms with Gasteiger partial charge in [0.2, 0.25) is 0 Å². The molecule has 22 heavy (non-hydrogen) atoms. The van der Waals surface area contributed by atoms with Crippen molar-refractivity contribution in [3.63, 3.8) is 0 Å². The normalized spacial score (nSPS) is 11.5. The molecule has 4 nitrogen and oxygen atoms in total. The summed E-state index contributed by atoms with van der Waals surface area (Å²) in [5.74, 6) is 0. The first-order valence-corrected chi connectivity index (χ1v) is 8.98. The van der Waals surface area contributed by atoms with Crippen LogP contribution in [0.5, 0.6) is 0 Å². The van der Waals surface area contributed by atoms with E-state index in [1.54, 1.807) is 48.7 Å². The van der Waals surface area contributed by atoms with Crippen LogP contribution in [0.25, 0.3) is 10.9 Å². The minimum atomic E-state index is -3.65. The molecule has 110 valence electrons. The number of hydrogen-bond donors (Lipinski definition) is 0. The SMILES string of the molecule is Cc1ccc(S(=O)(=O)n2cc(I)c3cc(C#N)ccc32)cc1. The summed E-state index contributed by atoms with van der Waals surface area (Å²) in [4.78, 5) is 0.246. The van der Waals surface area contributed by atoms with Crippen molar-refractivity contribution in [1.82, 2.24) is 3.97 Å². The van der Waals surface area contributed by atoms with E-state index in [0.717, 1.165) is 14.5 Å². The number of aryl methyl sites for hydroxylation is 1. The Morgan fingerprint density at radius 2 is 1.82 bits per heavy atom. The lowest BCUT2D eigenvalue weighted by Gasteiger charge is -2.07. The van der Waals surface area contributed by atoms with Crippen molar-refractivity contribution in [2.45, 2.75) is 11.8 Å². The molecule has 1 heterocycles. The zero-order valence-electron chi connectivity index (χ0n) is 11.6. The highest BCUT2D eigenvalue weighted by Crippen LogP contribution is 2.28. The minimum Gasteiger partial charge on any atom is -0.240 e. The van der Waals surface area contributed by atoms with Crippen molar-refractivity contribution in [3.8, 4) is 6.07 Å². The summed E-state index contributed by atoms with van der Waals surface area (Å²) in [5.41, 5.74) is 2.09. The first-order chi connectivity index (χ1) is 10.4. The van der Waals surface area contributed by atoms with E-state index < -0.39 is 10.0 Å². The van der Waals surface area contributed by atoms with Gasteiger partial charge in [0.15, 0.2) is 0 Å². The minimum absolute atomic E-state index is 0.246. The van der Waals surface area contributed by atoms with Gasteiger partial charge in [0.1, 0.15) is 0 Å². The summed E-state index contributed by atoms with van der Waals surface area (Å²) in [6.07, 6.45) is 1.58. The van der Waals surface area contributed by atoms with E-state index in [1.165, 1.54) is 3.97 Å². The first-order valence-electron chi connectivity index (χ1n) is 6.46. The molecular formula is C16H11IN2O2S. The summed E-state index contributed by atoms with van der Waals surface area (Å²) < 4.78 is 27.7. The highest BCUT2D eigenvalue weighted by atomic mass is 127. The standard InChI is InChI=1S/C16H11IN2O2S/c1-11-2-5-13(6-3-11)22(20,21)19-10-15(17)14-8-12(9-18)4-7-16(14)19/h2-8,10H,1H3. The molecule has 1 aromatic heterocycles. The largest absolute Gasteiger partial charge is 0.268 e. The van der Waals surface area contributed by atoms with Crippen molar-refractivity contribution >= 4 is 43.5 Å². The van der Waals surface area contributed by atoms with Gasteiger partial charge < -0.3 is 0 Å². The van der Waals surface area contributed by atoms with Crippen LogP contribution in [0, 0.1) is 21.8 Å². The first kappa shape index (κ1) is 15.1. The maximum absolute atomic E-state index is 12.8. The fourth-order valence-corrected chi connectivity index (χ4v) is 4.52. The van der Waals surface area contributed by atoms with Crippen LogP contribution in [-0.4, -0.2) is 12.4 Å². The Kier molecular flexibility index (Phi) is 3.70. The van der Waals surface area contributed by atoms with Crippen molar-refractivity contribution in [2.75, 3.05) is 0 Å². The van der Waals surface area contributed by atoms with Gasteiger partial charge >= 0.3 is 0 Å². The van der Waals surface area contributed by atoms with Gasteiger partial charge in [-0.25, -0.2) is 12.4 Å². The maximum Gasteiger partial charge on any atom is 0.268 e. The second-order valence-electron chi connectivity index (χ2n) is 4.93. The smallest absolute Gasteiger partial charge is 0.240 e. The fraction of sp³-hybridized carbons (Fsp3) is 0.0625. The van der Waals surface area contributed by atoms with E-state index in [9.17, 15) is 8.42 Å². The van der Waals surface area contributed by atoms with Crippen molar-refractivity contribution < 1.29 is 8.42 Å². The van der Waals surface area contributed by atoms with Crippen LogP contribution in [0.4, 0.5) is 0 Å². The Morgan fingerprint density at radius 3 is 2.45 bits per heavy atom. The number of fused-ring (bicyclic) bond motifs is 1. The van der Waals surface area contributed by atoms with Crippen molar-refractivity contribution in [1.29, 1.82) is 5.26 Å². The van der Waals surface area contributed by atoms with Crippen LogP contribution < -0.4 is 0 Å². The molecule has 0 N–H and O–H groups in total. The number of nitriles is 1. The van der Waals surface area contributed by atoms with Gasteiger partial charge in [-0.05, 0) is 59.8 Å². The Labute approximate surface area is 142 Å². The molecule has 0 atom stereocenters. The zero-order valence-corrected chi connectivity index (χ0v) is 14.6.